The van der Waals surface area contributed by atoms with Gasteiger partial charge in [0, 0.05) is 12.1 Å². The predicted molar refractivity (Wildman–Crippen MR) is 65.9 cm³/mol. The summed E-state index contributed by atoms with van der Waals surface area (Å²) in [5, 5.41) is 19.5. The van der Waals surface area contributed by atoms with Gasteiger partial charge in [-0.2, -0.15) is 0 Å². The zero-order chi connectivity index (χ0) is 14.7. The fourth-order valence-electron chi connectivity index (χ4n) is 1.68. The number of hydrogen-bond acceptors (Lipinski definition) is 4. The lowest BCUT2D eigenvalue weighted by atomic mass is 10.2. The Morgan fingerprint density at radius 2 is 2.05 bits per heavy atom. The van der Waals surface area contributed by atoms with Crippen LogP contribution in [0.5, 0.6) is 0 Å². The summed E-state index contributed by atoms with van der Waals surface area (Å²) in [6.07, 6.45) is 0. The number of aliphatic carboxylic acids is 1. The van der Waals surface area contributed by atoms with E-state index in [2.05, 4.69) is 0 Å². The summed E-state index contributed by atoms with van der Waals surface area (Å²) in [7, 11) is 1.39. The lowest BCUT2D eigenvalue weighted by Gasteiger charge is -2.23. The van der Waals surface area contributed by atoms with E-state index in [0.29, 0.717) is 0 Å². The van der Waals surface area contributed by atoms with Crippen molar-refractivity contribution in [3.8, 4) is 0 Å². The van der Waals surface area contributed by atoms with E-state index >= 15 is 0 Å². The highest BCUT2D eigenvalue weighted by Gasteiger charge is 2.27. The smallest absolute Gasteiger partial charge is 0.323 e. The number of carbonyl (C=O) groups is 2. The van der Waals surface area contributed by atoms with E-state index in [0.717, 1.165) is 9.47 Å². The predicted octanol–water partition coefficient (Wildman–Crippen LogP) is 0.868. The van der Waals surface area contributed by atoms with Crippen LogP contribution in [0.25, 0.3) is 0 Å². The molecule has 1 aromatic rings. The zero-order valence-corrected chi connectivity index (χ0v) is 10.9. The minimum absolute atomic E-state index is 0.0849. The Labute approximate surface area is 109 Å². The number of hydrogen-bond donors (Lipinski definition) is 1. The highest BCUT2D eigenvalue weighted by Crippen LogP contribution is 2.17. The lowest BCUT2D eigenvalue weighted by Crippen LogP contribution is -2.41. The van der Waals surface area contributed by atoms with E-state index in [4.69, 9.17) is 5.11 Å². The SMILES string of the molecule is CC(C)N(CC(=O)O)C(=O)c1ccc([N+](=O)[O-])n1C. The summed E-state index contributed by atoms with van der Waals surface area (Å²) < 4.78 is 1.14. The molecular weight excluding hydrogens is 254 g/mol. The molecule has 104 valence electrons. The van der Waals surface area contributed by atoms with Crippen LogP contribution in [0.15, 0.2) is 12.1 Å². The molecule has 0 atom stereocenters. The first kappa shape index (κ1) is 14.7. The van der Waals surface area contributed by atoms with E-state index in [1.54, 1.807) is 13.8 Å². The van der Waals surface area contributed by atoms with Gasteiger partial charge in [-0.15, -0.1) is 0 Å². The van der Waals surface area contributed by atoms with Crippen molar-refractivity contribution in [1.29, 1.82) is 0 Å². The molecule has 1 rings (SSSR count). The fraction of sp³-hybridized carbons (Fsp3) is 0.455. The summed E-state index contributed by atoms with van der Waals surface area (Å²) in [6.45, 7) is 2.91. The first-order valence-electron chi connectivity index (χ1n) is 5.58. The van der Waals surface area contributed by atoms with Gasteiger partial charge in [-0.25, -0.2) is 4.57 Å². The standard InChI is InChI=1S/C11H15N3O5/c1-7(2)13(6-10(15)16)11(17)8-4-5-9(12(8)3)14(18)19/h4-5,7H,6H2,1-3H3,(H,15,16). The molecule has 1 amide bonds. The quantitative estimate of drug-likeness (QED) is 0.630. The van der Waals surface area contributed by atoms with Crippen LogP contribution in [0, 0.1) is 10.1 Å². The van der Waals surface area contributed by atoms with Gasteiger partial charge in [0.1, 0.15) is 6.54 Å². The van der Waals surface area contributed by atoms with Crippen molar-refractivity contribution in [2.24, 2.45) is 7.05 Å². The Bertz CT molecular complexity index is 520. The van der Waals surface area contributed by atoms with Crippen LogP contribution in [0.3, 0.4) is 0 Å². The molecule has 1 heterocycles. The maximum absolute atomic E-state index is 12.2. The van der Waals surface area contributed by atoms with Gasteiger partial charge in [-0.3, -0.25) is 9.59 Å². The molecule has 0 unspecified atom stereocenters. The van der Waals surface area contributed by atoms with Crippen LogP contribution in [0.1, 0.15) is 24.3 Å². The Morgan fingerprint density at radius 3 is 2.42 bits per heavy atom. The highest BCUT2D eigenvalue weighted by atomic mass is 16.6. The monoisotopic (exact) mass is 269 g/mol. The van der Waals surface area contributed by atoms with Gasteiger partial charge in [0.15, 0.2) is 5.69 Å². The summed E-state index contributed by atoms with van der Waals surface area (Å²) in [5.41, 5.74) is 0.0849. The number of aromatic nitrogens is 1. The number of carbonyl (C=O) groups excluding carboxylic acids is 1. The number of carboxylic acids is 1. The first-order valence-corrected chi connectivity index (χ1v) is 5.58. The van der Waals surface area contributed by atoms with Gasteiger partial charge in [-0.1, -0.05) is 0 Å². The van der Waals surface area contributed by atoms with E-state index in [1.165, 1.54) is 19.2 Å². The third kappa shape index (κ3) is 3.09. The maximum atomic E-state index is 12.2. The average molecular weight is 269 g/mol. The van der Waals surface area contributed by atoms with Crippen molar-refractivity contribution >= 4 is 17.7 Å². The molecule has 0 aliphatic carbocycles. The Kier molecular flexibility index (Phi) is 4.26. The molecule has 0 aromatic carbocycles. The fourth-order valence-corrected chi connectivity index (χ4v) is 1.68. The molecule has 8 nitrogen and oxygen atoms in total. The molecule has 0 aliphatic heterocycles. The lowest BCUT2D eigenvalue weighted by molar-refractivity contribution is -0.391. The van der Waals surface area contributed by atoms with Crippen molar-refractivity contribution in [2.75, 3.05) is 6.54 Å². The molecule has 0 aliphatic rings. The van der Waals surface area contributed by atoms with E-state index in [9.17, 15) is 19.7 Å². The Morgan fingerprint density at radius 1 is 1.47 bits per heavy atom. The third-order valence-electron chi connectivity index (χ3n) is 2.69. The molecule has 0 spiro atoms. The number of nitrogens with zero attached hydrogens (tertiary/aromatic N) is 3. The van der Waals surface area contributed by atoms with Crippen molar-refractivity contribution in [3.63, 3.8) is 0 Å². The molecule has 19 heavy (non-hydrogen) atoms. The normalized spacial score (nSPS) is 10.5. The van der Waals surface area contributed by atoms with Crippen LogP contribution < -0.4 is 0 Å². The number of carboxylic acid groups (broad SMARTS) is 1. The number of amides is 1. The van der Waals surface area contributed by atoms with Crippen LogP contribution in [-0.2, 0) is 11.8 Å². The van der Waals surface area contributed by atoms with Gasteiger partial charge >= 0.3 is 11.8 Å². The summed E-state index contributed by atoms with van der Waals surface area (Å²) in [5.74, 6) is -1.90. The first-order chi connectivity index (χ1) is 8.75. The van der Waals surface area contributed by atoms with Gasteiger partial charge in [0.2, 0.25) is 0 Å². The van der Waals surface area contributed by atoms with E-state index < -0.39 is 23.3 Å². The second-order valence-electron chi connectivity index (χ2n) is 4.31. The minimum atomic E-state index is -1.13. The Balaban J connectivity index is 3.10. The zero-order valence-electron chi connectivity index (χ0n) is 10.9. The molecule has 0 fully saturated rings. The highest BCUT2D eigenvalue weighted by molar-refractivity contribution is 5.95. The van der Waals surface area contributed by atoms with Gasteiger partial charge in [-0.05, 0) is 24.8 Å². The molecular formula is C11H15N3O5. The Hall–Kier alpha value is -2.38. The molecule has 1 aromatic heterocycles. The summed E-state index contributed by atoms with van der Waals surface area (Å²) >= 11 is 0. The maximum Gasteiger partial charge on any atom is 0.323 e. The summed E-state index contributed by atoms with van der Waals surface area (Å²) in [6, 6.07) is 2.21. The third-order valence-corrected chi connectivity index (χ3v) is 2.69. The number of nitro groups is 1. The second-order valence-corrected chi connectivity index (χ2v) is 4.31. The second kappa shape index (κ2) is 5.51. The molecule has 0 saturated carbocycles. The van der Waals surface area contributed by atoms with E-state index in [1.807, 2.05) is 0 Å². The van der Waals surface area contributed by atoms with Crippen LogP contribution in [0.4, 0.5) is 5.82 Å². The van der Waals surface area contributed by atoms with Crippen molar-refractivity contribution < 1.29 is 19.6 Å². The van der Waals surface area contributed by atoms with Crippen molar-refractivity contribution in [2.45, 2.75) is 19.9 Å². The molecule has 8 heteroatoms. The van der Waals surface area contributed by atoms with Gasteiger partial charge in [0.05, 0.1) is 7.05 Å². The molecule has 0 bridgehead atoms. The van der Waals surface area contributed by atoms with Crippen LogP contribution >= 0.6 is 0 Å². The molecule has 1 N–H and O–H groups in total. The van der Waals surface area contributed by atoms with E-state index in [-0.39, 0.29) is 17.6 Å². The van der Waals surface area contributed by atoms with Gasteiger partial charge < -0.3 is 20.1 Å². The van der Waals surface area contributed by atoms with Crippen molar-refractivity contribution in [3.05, 3.63) is 27.9 Å². The summed E-state index contributed by atoms with van der Waals surface area (Å²) in [4.78, 5) is 34.2. The average Bonchev–Trinajstić information content (AvgIpc) is 2.66. The number of rotatable bonds is 5. The van der Waals surface area contributed by atoms with Gasteiger partial charge in [0.25, 0.3) is 5.91 Å². The topological polar surface area (TPSA) is 106 Å². The molecule has 0 radical (unpaired) electrons. The van der Waals surface area contributed by atoms with Crippen LogP contribution in [0.2, 0.25) is 0 Å². The van der Waals surface area contributed by atoms with Crippen LogP contribution in [-0.4, -0.2) is 44.0 Å². The minimum Gasteiger partial charge on any atom is -0.480 e. The molecule has 0 saturated heterocycles. The van der Waals surface area contributed by atoms with Crippen molar-refractivity contribution in [1.82, 2.24) is 9.47 Å². The largest absolute Gasteiger partial charge is 0.480 e.